The van der Waals surface area contributed by atoms with Gasteiger partial charge in [0.2, 0.25) is 0 Å². The van der Waals surface area contributed by atoms with E-state index in [1.54, 1.807) is 7.11 Å². The van der Waals surface area contributed by atoms with Gasteiger partial charge < -0.3 is 14.6 Å². The Morgan fingerprint density at radius 2 is 1.77 bits per heavy atom. The van der Waals surface area contributed by atoms with Crippen LogP contribution in [0.15, 0.2) is 42.5 Å². The summed E-state index contributed by atoms with van der Waals surface area (Å²) in [7, 11) is 1.68. The van der Waals surface area contributed by atoms with Crippen LogP contribution in [0.2, 0.25) is 0 Å². The lowest BCUT2D eigenvalue weighted by atomic mass is 9.89. The molecule has 1 aliphatic heterocycles. The molecule has 5 nitrogen and oxygen atoms in total. The highest BCUT2D eigenvalue weighted by atomic mass is 16.5. The number of hydrogen-bond donors (Lipinski definition) is 1. The van der Waals surface area contributed by atoms with Crippen molar-refractivity contribution in [2.75, 3.05) is 20.2 Å². The summed E-state index contributed by atoms with van der Waals surface area (Å²) in [4.78, 5) is 23.0. The van der Waals surface area contributed by atoms with Crippen LogP contribution in [-0.2, 0) is 0 Å². The van der Waals surface area contributed by atoms with E-state index in [4.69, 9.17) is 4.74 Å². The number of aryl methyl sites for hydroxylation is 3. The second kappa shape index (κ2) is 8.34. The quantitative estimate of drug-likeness (QED) is 0.665. The number of carbonyl (C=O) groups excluding carboxylic acids is 1. The van der Waals surface area contributed by atoms with Gasteiger partial charge in [-0.3, -0.25) is 4.79 Å². The SMILES string of the molecule is COc1ccc(C2CCN(C(=O)c3ccc(C)c(-c4[nH]c(C)nc4C)c3)CC2)cc1. The zero-order valence-electron chi connectivity index (χ0n) is 18.2. The number of aromatic nitrogens is 2. The lowest BCUT2D eigenvalue weighted by Gasteiger charge is -2.32. The lowest BCUT2D eigenvalue weighted by molar-refractivity contribution is 0.0713. The molecule has 0 bridgehead atoms. The van der Waals surface area contributed by atoms with Crippen molar-refractivity contribution in [2.45, 2.75) is 39.5 Å². The average Bonchev–Trinajstić information content (AvgIpc) is 3.11. The molecule has 0 saturated carbocycles. The van der Waals surface area contributed by atoms with E-state index >= 15 is 0 Å². The van der Waals surface area contributed by atoms with Gasteiger partial charge in [-0.25, -0.2) is 4.98 Å². The molecule has 1 saturated heterocycles. The molecular formula is C25H29N3O2. The molecule has 5 heteroatoms. The largest absolute Gasteiger partial charge is 0.497 e. The molecule has 30 heavy (non-hydrogen) atoms. The molecule has 2 aromatic carbocycles. The highest BCUT2D eigenvalue weighted by Gasteiger charge is 2.25. The van der Waals surface area contributed by atoms with Crippen molar-refractivity contribution < 1.29 is 9.53 Å². The Hall–Kier alpha value is -3.08. The van der Waals surface area contributed by atoms with Gasteiger partial charge in [-0.15, -0.1) is 0 Å². The van der Waals surface area contributed by atoms with Crippen molar-refractivity contribution in [1.29, 1.82) is 0 Å². The van der Waals surface area contributed by atoms with E-state index < -0.39 is 0 Å². The zero-order chi connectivity index (χ0) is 21.3. The summed E-state index contributed by atoms with van der Waals surface area (Å²) < 4.78 is 5.25. The molecule has 1 aromatic heterocycles. The number of nitrogens with one attached hydrogen (secondary N) is 1. The van der Waals surface area contributed by atoms with E-state index in [1.807, 2.05) is 49.1 Å². The molecule has 0 aliphatic carbocycles. The summed E-state index contributed by atoms with van der Waals surface area (Å²) in [6.07, 6.45) is 1.96. The molecule has 1 aliphatic rings. The maximum atomic E-state index is 13.2. The third kappa shape index (κ3) is 3.97. The molecule has 3 aromatic rings. The van der Waals surface area contributed by atoms with Crippen molar-refractivity contribution in [1.82, 2.24) is 14.9 Å². The van der Waals surface area contributed by atoms with Crippen molar-refractivity contribution in [3.63, 3.8) is 0 Å². The summed E-state index contributed by atoms with van der Waals surface area (Å²) in [5.74, 6) is 2.37. The summed E-state index contributed by atoms with van der Waals surface area (Å²) in [5.41, 5.74) is 6.21. The Kier molecular flexibility index (Phi) is 5.62. The highest BCUT2D eigenvalue weighted by molar-refractivity contribution is 5.95. The molecule has 0 unspecified atom stereocenters. The van der Waals surface area contributed by atoms with Crippen LogP contribution in [0.3, 0.4) is 0 Å². The number of ether oxygens (including phenoxy) is 1. The van der Waals surface area contributed by atoms with Crippen LogP contribution in [-0.4, -0.2) is 41.0 Å². The van der Waals surface area contributed by atoms with Gasteiger partial charge in [-0.2, -0.15) is 0 Å². The van der Waals surface area contributed by atoms with E-state index in [0.717, 1.165) is 65.6 Å². The number of rotatable bonds is 4. The standard InChI is InChI=1S/C25H29N3O2/c1-16-5-6-21(15-23(16)24-17(2)26-18(3)27-24)25(29)28-13-11-20(12-14-28)19-7-9-22(30-4)10-8-19/h5-10,15,20H,11-14H2,1-4H3,(H,26,27). The zero-order valence-corrected chi connectivity index (χ0v) is 18.2. The Labute approximate surface area is 178 Å². The Balaban J connectivity index is 1.48. The molecule has 1 fully saturated rings. The monoisotopic (exact) mass is 403 g/mol. The maximum Gasteiger partial charge on any atom is 0.253 e. The predicted molar refractivity (Wildman–Crippen MR) is 119 cm³/mol. The van der Waals surface area contributed by atoms with Crippen molar-refractivity contribution in [3.05, 3.63) is 70.7 Å². The first-order chi connectivity index (χ1) is 14.5. The number of carbonyl (C=O) groups is 1. The van der Waals surface area contributed by atoms with Gasteiger partial charge >= 0.3 is 0 Å². The van der Waals surface area contributed by atoms with Gasteiger partial charge in [-0.05, 0) is 74.9 Å². The molecule has 156 valence electrons. The van der Waals surface area contributed by atoms with Gasteiger partial charge in [0.15, 0.2) is 0 Å². The molecule has 0 spiro atoms. The first kappa shape index (κ1) is 20.2. The van der Waals surface area contributed by atoms with Crippen LogP contribution in [0.1, 0.15) is 51.8 Å². The van der Waals surface area contributed by atoms with Crippen molar-refractivity contribution in [2.24, 2.45) is 0 Å². The maximum absolute atomic E-state index is 13.2. The Bertz CT molecular complexity index is 1040. The normalized spacial score (nSPS) is 14.7. The third-order valence-corrected chi connectivity index (χ3v) is 6.13. The fraction of sp³-hybridized carbons (Fsp3) is 0.360. The first-order valence-corrected chi connectivity index (χ1v) is 10.5. The van der Waals surface area contributed by atoms with Crippen LogP contribution in [0.4, 0.5) is 0 Å². The molecule has 2 heterocycles. The topological polar surface area (TPSA) is 58.2 Å². The van der Waals surface area contributed by atoms with Crippen LogP contribution >= 0.6 is 0 Å². The fourth-order valence-electron chi connectivity index (χ4n) is 4.37. The average molecular weight is 404 g/mol. The number of likely N-dealkylation sites (tertiary alicyclic amines) is 1. The lowest BCUT2D eigenvalue weighted by Crippen LogP contribution is -2.37. The van der Waals surface area contributed by atoms with E-state index in [1.165, 1.54) is 5.56 Å². The summed E-state index contributed by atoms with van der Waals surface area (Å²) in [5, 5.41) is 0. The van der Waals surface area contributed by atoms with Crippen LogP contribution < -0.4 is 4.74 Å². The van der Waals surface area contributed by atoms with Gasteiger partial charge in [0, 0.05) is 24.2 Å². The minimum absolute atomic E-state index is 0.110. The fourth-order valence-corrected chi connectivity index (χ4v) is 4.37. The van der Waals surface area contributed by atoms with Crippen LogP contribution in [0.5, 0.6) is 5.75 Å². The van der Waals surface area contributed by atoms with Crippen LogP contribution in [0.25, 0.3) is 11.3 Å². The van der Waals surface area contributed by atoms with Crippen molar-refractivity contribution in [3.8, 4) is 17.0 Å². The molecule has 1 N–H and O–H groups in total. The van der Waals surface area contributed by atoms with Gasteiger partial charge in [0.25, 0.3) is 5.91 Å². The van der Waals surface area contributed by atoms with Gasteiger partial charge in [-0.1, -0.05) is 18.2 Å². The minimum atomic E-state index is 0.110. The smallest absolute Gasteiger partial charge is 0.253 e. The second-order valence-electron chi connectivity index (χ2n) is 8.15. The number of amides is 1. The van der Waals surface area contributed by atoms with Crippen molar-refractivity contribution >= 4 is 5.91 Å². The van der Waals surface area contributed by atoms with E-state index in [0.29, 0.717) is 5.92 Å². The van der Waals surface area contributed by atoms with Gasteiger partial charge in [0.1, 0.15) is 11.6 Å². The number of hydrogen-bond acceptors (Lipinski definition) is 3. The van der Waals surface area contributed by atoms with Gasteiger partial charge in [0.05, 0.1) is 18.5 Å². The first-order valence-electron chi connectivity index (χ1n) is 10.5. The number of aromatic amines is 1. The van der Waals surface area contributed by atoms with Crippen LogP contribution in [0, 0.1) is 20.8 Å². The number of piperidine rings is 1. The van der Waals surface area contributed by atoms with E-state index in [9.17, 15) is 4.79 Å². The summed E-state index contributed by atoms with van der Waals surface area (Å²) in [6, 6.07) is 14.3. The summed E-state index contributed by atoms with van der Waals surface area (Å²) in [6.45, 7) is 7.58. The molecular weight excluding hydrogens is 374 g/mol. The number of methoxy groups -OCH3 is 1. The Morgan fingerprint density at radius 3 is 2.37 bits per heavy atom. The molecule has 0 radical (unpaired) electrons. The molecule has 4 rings (SSSR count). The van der Waals surface area contributed by atoms with E-state index in [2.05, 4.69) is 29.0 Å². The second-order valence-corrected chi connectivity index (χ2v) is 8.15. The number of imidazole rings is 1. The minimum Gasteiger partial charge on any atom is -0.497 e. The number of benzene rings is 2. The molecule has 0 atom stereocenters. The number of nitrogens with zero attached hydrogens (tertiary/aromatic N) is 2. The third-order valence-electron chi connectivity index (χ3n) is 6.13. The number of H-pyrrole nitrogens is 1. The molecule has 1 amide bonds. The highest BCUT2D eigenvalue weighted by Crippen LogP contribution is 2.31. The Morgan fingerprint density at radius 1 is 1.07 bits per heavy atom. The predicted octanol–water partition coefficient (Wildman–Crippen LogP) is 5.03. The summed E-state index contributed by atoms with van der Waals surface area (Å²) >= 11 is 0. The van der Waals surface area contributed by atoms with E-state index in [-0.39, 0.29) is 5.91 Å².